The maximum atomic E-state index is 10.1. The van der Waals surface area contributed by atoms with Gasteiger partial charge in [0.25, 0.3) is 0 Å². The summed E-state index contributed by atoms with van der Waals surface area (Å²) in [4.78, 5) is 10.1. The minimum atomic E-state index is -0.903. The zero-order valence-corrected chi connectivity index (χ0v) is 6.82. The number of carboxylic acids is 1. The van der Waals surface area contributed by atoms with Crippen LogP contribution < -0.4 is 5.32 Å². The zero-order valence-electron chi connectivity index (χ0n) is 6.82. The fourth-order valence-corrected chi connectivity index (χ4v) is 1.09. The summed E-state index contributed by atoms with van der Waals surface area (Å²) in [6.45, 7) is 2.14. The Labute approximate surface area is 71.2 Å². The van der Waals surface area contributed by atoms with Gasteiger partial charge < -0.3 is 15.2 Å². The molecule has 1 aliphatic heterocycles. The summed E-state index contributed by atoms with van der Waals surface area (Å²) in [5.41, 5.74) is 0. The van der Waals surface area contributed by atoms with Gasteiger partial charge in [-0.2, -0.15) is 0 Å². The van der Waals surface area contributed by atoms with Crippen molar-refractivity contribution < 1.29 is 14.6 Å². The van der Waals surface area contributed by atoms with Crippen LogP contribution in [-0.2, 0) is 9.53 Å². The highest BCUT2D eigenvalue weighted by Gasteiger charge is 2.13. The first-order valence-electron chi connectivity index (χ1n) is 3.99. The van der Waals surface area contributed by atoms with E-state index in [4.69, 9.17) is 9.84 Å². The minimum Gasteiger partial charge on any atom is -0.478 e. The van der Waals surface area contributed by atoms with E-state index < -0.39 is 5.97 Å². The monoisotopic (exact) mass is 171 g/mol. The number of carbonyl (C=O) groups is 1. The summed E-state index contributed by atoms with van der Waals surface area (Å²) in [6, 6.07) is 0.392. The Morgan fingerprint density at radius 1 is 1.75 bits per heavy atom. The summed E-state index contributed by atoms with van der Waals surface area (Å²) < 4.78 is 5.13. The van der Waals surface area contributed by atoms with Crippen LogP contribution in [0.15, 0.2) is 12.2 Å². The summed E-state index contributed by atoms with van der Waals surface area (Å²) in [5.74, 6) is -0.903. The topological polar surface area (TPSA) is 58.6 Å². The second-order valence-electron chi connectivity index (χ2n) is 2.71. The maximum absolute atomic E-state index is 10.1. The molecule has 1 saturated heterocycles. The van der Waals surface area contributed by atoms with Crippen LogP contribution >= 0.6 is 0 Å². The third-order valence-electron chi connectivity index (χ3n) is 1.71. The highest BCUT2D eigenvalue weighted by molar-refractivity contribution is 5.79. The maximum Gasteiger partial charge on any atom is 0.328 e. The molecule has 1 rings (SSSR count). The molecule has 0 amide bonds. The quantitative estimate of drug-likeness (QED) is 0.585. The van der Waals surface area contributed by atoms with E-state index in [9.17, 15) is 4.79 Å². The first-order valence-corrected chi connectivity index (χ1v) is 3.99. The number of rotatable bonds is 4. The van der Waals surface area contributed by atoms with E-state index in [-0.39, 0.29) is 0 Å². The molecule has 0 aromatic heterocycles. The van der Waals surface area contributed by atoms with Gasteiger partial charge in [0.15, 0.2) is 0 Å². The average Bonchev–Trinajstić information content (AvgIpc) is 2.49. The molecule has 0 spiro atoms. The first-order chi connectivity index (χ1) is 5.79. The predicted molar refractivity (Wildman–Crippen MR) is 44.0 cm³/mol. The molecule has 4 nitrogen and oxygen atoms in total. The summed E-state index contributed by atoms with van der Waals surface area (Å²) >= 11 is 0. The van der Waals surface area contributed by atoms with Crippen molar-refractivity contribution in [3.05, 3.63) is 12.2 Å². The number of nitrogens with one attached hydrogen (secondary N) is 1. The molecule has 1 atom stereocenters. The standard InChI is InChI=1S/C8H13NO3/c10-8(11)2-1-4-9-7-3-5-12-6-7/h1-2,7,9H,3-6H2,(H,10,11)/b2-1+. The number of carboxylic acid groups (broad SMARTS) is 1. The Morgan fingerprint density at radius 3 is 3.17 bits per heavy atom. The minimum absolute atomic E-state index is 0.392. The lowest BCUT2D eigenvalue weighted by atomic mass is 10.2. The molecule has 2 N–H and O–H groups in total. The van der Waals surface area contributed by atoms with Crippen molar-refractivity contribution in [2.45, 2.75) is 12.5 Å². The molecule has 1 unspecified atom stereocenters. The molecule has 0 saturated carbocycles. The van der Waals surface area contributed by atoms with Crippen molar-refractivity contribution >= 4 is 5.97 Å². The fraction of sp³-hybridized carbons (Fsp3) is 0.625. The molecular weight excluding hydrogens is 158 g/mol. The van der Waals surface area contributed by atoms with E-state index in [0.717, 1.165) is 25.7 Å². The van der Waals surface area contributed by atoms with Crippen LogP contribution in [0.5, 0.6) is 0 Å². The van der Waals surface area contributed by atoms with Gasteiger partial charge in [0, 0.05) is 25.3 Å². The molecule has 0 bridgehead atoms. The van der Waals surface area contributed by atoms with E-state index in [1.54, 1.807) is 6.08 Å². The van der Waals surface area contributed by atoms with Gasteiger partial charge in [-0.3, -0.25) is 0 Å². The number of ether oxygens (including phenoxy) is 1. The van der Waals surface area contributed by atoms with Gasteiger partial charge >= 0.3 is 5.97 Å². The Bertz CT molecular complexity index is 173. The van der Waals surface area contributed by atoms with Crippen LogP contribution in [0.1, 0.15) is 6.42 Å². The lowest BCUT2D eigenvalue weighted by Crippen LogP contribution is -2.29. The van der Waals surface area contributed by atoms with Crippen LogP contribution in [0, 0.1) is 0 Å². The smallest absolute Gasteiger partial charge is 0.328 e. The van der Waals surface area contributed by atoms with Crippen LogP contribution in [-0.4, -0.2) is 36.9 Å². The van der Waals surface area contributed by atoms with E-state index in [0.29, 0.717) is 12.6 Å². The van der Waals surface area contributed by atoms with Crippen molar-refractivity contribution in [3.8, 4) is 0 Å². The Balaban J connectivity index is 2.05. The second-order valence-corrected chi connectivity index (χ2v) is 2.71. The summed E-state index contributed by atoms with van der Waals surface area (Å²) in [6.07, 6.45) is 3.75. The van der Waals surface area contributed by atoms with E-state index in [1.807, 2.05) is 0 Å². The average molecular weight is 171 g/mol. The number of hydrogen-bond acceptors (Lipinski definition) is 3. The normalized spacial score (nSPS) is 23.5. The molecular formula is C8H13NO3. The van der Waals surface area contributed by atoms with Gasteiger partial charge in [0.1, 0.15) is 0 Å². The van der Waals surface area contributed by atoms with Gasteiger partial charge in [-0.1, -0.05) is 6.08 Å². The molecule has 1 aliphatic rings. The lowest BCUT2D eigenvalue weighted by molar-refractivity contribution is -0.131. The fourth-order valence-electron chi connectivity index (χ4n) is 1.09. The Hall–Kier alpha value is -0.870. The molecule has 68 valence electrons. The largest absolute Gasteiger partial charge is 0.478 e. The highest BCUT2D eigenvalue weighted by Crippen LogP contribution is 2.02. The second kappa shape index (κ2) is 4.90. The first kappa shape index (κ1) is 9.22. The SMILES string of the molecule is O=C(O)/C=C/CNC1CCOC1. The van der Waals surface area contributed by atoms with Crippen molar-refractivity contribution in [1.82, 2.24) is 5.32 Å². The third-order valence-corrected chi connectivity index (χ3v) is 1.71. The van der Waals surface area contributed by atoms with Gasteiger partial charge in [0.05, 0.1) is 6.61 Å². The third kappa shape index (κ3) is 3.50. The molecule has 12 heavy (non-hydrogen) atoms. The van der Waals surface area contributed by atoms with Gasteiger partial charge in [-0.05, 0) is 6.42 Å². The number of hydrogen-bond donors (Lipinski definition) is 2. The highest BCUT2D eigenvalue weighted by atomic mass is 16.5. The van der Waals surface area contributed by atoms with Crippen molar-refractivity contribution in [3.63, 3.8) is 0 Å². The van der Waals surface area contributed by atoms with Crippen LogP contribution in [0.3, 0.4) is 0 Å². The molecule has 0 aliphatic carbocycles. The molecule has 4 heteroatoms. The van der Waals surface area contributed by atoms with Crippen LogP contribution in [0.4, 0.5) is 0 Å². The van der Waals surface area contributed by atoms with Crippen LogP contribution in [0.2, 0.25) is 0 Å². The van der Waals surface area contributed by atoms with Crippen molar-refractivity contribution in [2.75, 3.05) is 19.8 Å². The summed E-state index contributed by atoms with van der Waals surface area (Å²) in [7, 11) is 0. The Kier molecular flexibility index (Phi) is 3.76. The Morgan fingerprint density at radius 2 is 2.58 bits per heavy atom. The predicted octanol–water partition coefficient (Wildman–Crippen LogP) is 0.00570. The van der Waals surface area contributed by atoms with E-state index in [1.165, 1.54) is 0 Å². The van der Waals surface area contributed by atoms with Crippen molar-refractivity contribution in [1.29, 1.82) is 0 Å². The number of aliphatic carboxylic acids is 1. The lowest BCUT2D eigenvalue weighted by Gasteiger charge is -2.06. The molecule has 0 radical (unpaired) electrons. The van der Waals surface area contributed by atoms with Gasteiger partial charge in [0.2, 0.25) is 0 Å². The van der Waals surface area contributed by atoms with E-state index >= 15 is 0 Å². The summed E-state index contributed by atoms with van der Waals surface area (Å²) in [5, 5.41) is 11.4. The molecule has 1 heterocycles. The van der Waals surface area contributed by atoms with E-state index in [2.05, 4.69) is 5.32 Å². The van der Waals surface area contributed by atoms with Gasteiger partial charge in [-0.25, -0.2) is 4.79 Å². The molecule has 1 fully saturated rings. The van der Waals surface area contributed by atoms with Crippen molar-refractivity contribution in [2.24, 2.45) is 0 Å². The molecule has 0 aromatic rings. The van der Waals surface area contributed by atoms with Crippen LogP contribution in [0.25, 0.3) is 0 Å². The molecule has 0 aromatic carbocycles. The van der Waals surface area contributed by atoms with Gasteiger partial charge in [-0.15, -0.1) is 0 Å². The zero-order chi connectivity index (χ0) is 8.81.